The molecule has 1 aliphatic carbocycles. The lowest BCUT2D eigenvalue weighted by molar-refractivity contribution is 0.0516. The number of ether oxygens (including phenoxy) is 2. The largest absolute Gasteiger partial charge is 0.461 e. The standard InChI is InChI=1S/C30H33F3N8O2S2/c31-15-8-30(6-1-7-39(30)11-15)14-43-29-37-23-21(33)24(19-4-5-20(32)25-22(19)36-28(34)44-25)41(16-2-3-16)45-26(23)27(38-29)40-17-9-35-10-18(40)13-42-12-17/h4-5,15-18,35H,1-3,6-14H2,(H2,34,36)/t15-,17?,18?,30+/m1/s1. The molecule has 0 radical (unpaired) electrons. The van der Waals surface area contributed by atoms with Crippen LogP contribution in [0.15, 0.2) is 17.0 Å². The van der Waals surface area contributed by atoms with Crippen LogP contribution in [0.3, 0.4) is 0 Å². The zero-order chi connectivity index (χ0) is 30.4. The van der Waals surface area contributed by atoms with Crippen LogP contribution in [-0.2, 0) is 4.74 Å². The molecule has 0 amide bonds. The molecular formula is C30H33F3N8O2S2. The normalized spacial score (nSPS) is 29.9. The number of piperazine rings is 1. The van der Waals surface area contributed by atoms with Crippen molar-refractivity contribution in [3.05, 3.63) is 29.2 Å². The van der Waals surface area contributed by atoms with E-state index in [1.54, 1.807) is 6.07 Å². The summed E-state index contributed by atoms with van der Waals surface area (Å²) in [4.78, 5) is 19.1. The summed E-state index contributed by atoms with van der Waals surface area (Å²) in [7, 11) is 0. The summed E-state index contributed by atoms with van der Waals surface area (Å²) in [6.07, 6.45) is 3.15. The Balaban J connectivity index is 1.19. The van der Waals surface area contributed by atoms with Crippen molar-refractivity contribution in [2.24, 2.45) is 0 Å². The monoisotopic (exact) mass is 658 g/mol. The van der Waals surface area contributed by atoms with Gasteiger partial charge in [-0.25, -0.2) is 18.2 Å². The van der Waals surface area contributed by atoms with Gasteiger partial charge in [0.05, 0.1) is 46.8 Å². The Bertz CT molecular complexity index is 1700. The number of benzene rings is 1. The number of nitrogens with two attached hydrogens (primary N) is 1. The van der Waals surface area contributed by atoms with E-state index < -0.39 is 23.4 Å². The third-order valence-corrected chi connectivity index (χ3v) is 12.1. The summed E-state index contributed by atoms with van der Waals surface area (Å²) in [5, 5.41) is 3.70. The second-order valence-corrected chi connectivity index (χ2v) is 14.9. The van der Waals surface area contributed by atoms with Gasteiger partial charge in [0.1, 0.15) is 29.2 Å². The van der Waals surface area contributed by atoms with Crippen molar-refractivity contribution >= 4 is 56.0 Å². The highest BCUT2D eigenvalue weighted by atomic mass is 32.2. The van der Waals surface area contributed by atoms with E-state index in [1.165, 1.54) is 18.0 Å². The molecule has 3 N–H and O–H groups in total. The molecule has 9 rings (SSSR count). The van der Waals surface area contributed by atoms with Crippen molar-refractivity contribution in [2.45, 2.75) is 66.8 Å². The number of aromatic nitrogens is 3. The number of anilines is 2. The van der Waals surface area contributed by atoms with Gasteiger partial charge in [0.25, 0.3) is 0 Å². The van der Waals surface area contributed by atoms with E-state index in [-0.39, 0.29) is 41.6 Å². The number of nitrogens with zero attached hydrogens (tertiary/aromatic N) is 6. The zero-order valence-corrected chi connectivity index (χ0v) is 26.1. The molecule has 15 heteroatoms. The maximum absolute atomic E-state index is 17.2. The first-order chi connectivity index (χ1) is 21.9. The first-order valence-corrected chi connectivity index (χ1v) is 17.2. The van der Waals surface area contributed by atoms with Gasteiger partial charge >= 0.3 is 6.01 Å². The van der Waals surface area contributed by atoms with Gasteiger partial charge in [0, 0.05) is 37.7 Å². The summed E-state index contributed by atoms with van der Waals surface area (Å²) in [5.74, 6) is -0.357. The molecular weight excluding hydrogens is 626 g/mol. The Morgan fingerprint density at radius 3 is 2.73 bits per heavy atom. The molecule has 1 aromatic carbocycles. The zero-order valence-electron chi connectivity index (χ0n) is 24.5. The van der Waals surface area contributed by atoms with Gasteiger partial charge in [0.2, 0.25) is 0 Å². The molecule has 5 aliphatic heterocycles. The minimum atomic E-state index is -0.894. The Hall–Kier alpha value is -2.85. The summed E-state index contributed by atoms with van der Waals surface area (Å²) in [6, 6.07) is 3.10. The fraction of sp³-hybridized carbons (Fsp3) is 0.567. The van der Waals surface area contributed by atoms with Crippen LogP contribution in [0.1, 0.15) is 43.4 Å². The number of nitrogens with one attached hydrogen (secondary N) is 1. The van der Waals surface area contributed by atoms with E-state index in [9.17, 15) is 8.78 Å². The second kappa shape index (κ2) is 10.6. The molecule has 2 aromatic heterocycles. The Morgan fingerprint density at radius 2 is 1.93 bits per heavy atom. The van der Waals surface area contributed by atoms with E-state index >= 15 is 4.39 Å². The molecule has 45 heavy (non-hydrogen) atoms. The molecule has 238 valence electrons. The molecule has 6 aliphatic rings. The lowest BCUT2D eigenvalue weighted by atomic mass is 9.95. The van der Waals surface area contributed by atoms with Gasteiger partial charge in [-0.1, -0.05) is 11.3 Å². The van der Waals surface area contributed by atoms with E-state index in [2.05, 4.69) is 20.1 Å². The van der Waals surface area contributed by atoms with Crippen LogP contribution < -0.4 is 20.7 Å². The van der Waals surface area contributed by atoms with E-state index in [0.29, 0.717) is 71.5 Å². The van der Waals surface area contributed by atoms with Gasteiger partial charge in [-0.2, -0.15) is 9.97 Å². The number of nitrogen functional groups attached to an aromatic ring is 1. The third-order valence-electron chi connectivity index (χ3n) is 9.94. The van der Waals surface area contributed by atoms with Crippen molar-refractivity contribution < 1.29 is 22.6 Å². The highest BCUT2D eigenvalue weighted by Crippen LogP contribution is 2.54. The average molecular weight is 659 g/mol. The first-order valence-electron chi connectivity index (χ1n) is 15.6. The summed E-state index contributed by atoms with van der Waals surface area (Å²) in [6.45, 7) is 3.94. The van der Waals surface area contributed by atoms with Gasteiger partial charge in [0.15, 0.2) is 16.8 Å². The maximum Gasteiger partial charge on any atom is 0.319 e. The van der Waals surface area contributed by atoms with Gasteiger partial charge in [-0.05, 0) is 56.3 Å². The van der Waals surface area contributed by atoms with E-state index in [0.717, 1.165) is 43.6 Å². The molecule has 3 aromatic rings. The molecule has 5 fully saturated rings. The van der Waals surface area contributed by atoms with Crippen molar-refractivity contribution in [3.63, 3.8) is 0 Å². The summed E-state index contributed by atoms with van der Waals surface area (Å²) < 4.78 is 61.1. The Morgan fingerprint density at radius 1 is 1.11 bits per heavy atom. The van der Waals surface area contributed by atoms with E-state index in [4.69, 9.17) is 25.2 Å². The van der Waals surface area contributed by atoms with Crippen LogP contribution in [0.5, 0.6) is 6.01 Å². The van der Waals surface area contributed by atoms with Crippen LogP contribution in [0.2, 0.25) is 0 Å². The highest BCUT2D eigenvalue weighted by Gasteiger charge is 2.50. The van der Waals surface area contributed by atoms with Crippen LogP contribution >= 0.6 is 23.3 Å². The number of fused-ring (bicyclic) bond motifs is 5. The van der Waals surface area contributed by atoms with Gasteiger partial charge in [-0.15, -0.1) is 0 Å². The summed E-state index contributed by atoms with van der Waals surface area (Å²) in [5.41, 5.74) is 6.85. The van der Waals surface area contributed by atoms with Crippen molar-refractivity contribution in [1.82, 2.24) is 29.5 Å². The molecule has 1 saturated carbocycles. The Kier molecular flexibility index (Phi) is 6.68. The molecule has 10 nitrogen and oxygen atoms in total. The van der Waals surface area contributed by atoms with Crippen LogP contribution in [0, 0.1) is 5.82 Å². The number of hydrogen-bond acceptors (Lipinski definition) is 12. The number of morpholine rings is 1. The van der Waals surface area contributed by atoms with E-state index in [1.807, 2.05) is 4.31 Å². The van der Waals surface area contributed by atoms with Crippen molar-refractivity contribution in [2.75, 3.05) is 56.6 Å². The van der Waals surface area contributed by atoms with Crippen molar-refractivity contribution in [1.29, 1.82) is 0 Å². The van der Waals surface area contributed by atoms with Crippen LogP contribution in [0.4, 0.5) is 24.1 Å². The predicted molar refractivity (Wildman–Crippen MR) is 167 cm³/mol. The lowest BCUT2D eigenvalue weighted by Crippen LogP contribution is -2.64. The van der Waals surface area contributed by atoms with Crippen LogP contribution in [0.25, 0.3) is 21.7 Å². The minimum Gasteiger partial charge on any atom is -0.461 e. The molecule has 2 bridgehead atoms. The SMILES string of the molecule is Nc1nc2c(C3=C(F)c4nc(OC[C@@]56CCCN5C[C@H](F)C6)nc(N5C6CNCC5COC6)c4SN3C3CC3)ccc(F)c2s1. The molecule has 4 atom stereocenters. The molecule has 0 spiro atoms. The molecule has 4 saturated heterocycles. The van der Waals surface area contributed by atoms with Gasteiger partial charge < -0.3 is 29.7 Å². The highest BCUT2D eigenvalue weighted by molar-refractivity contribution is 7.97. The fourth-order valence-corrected chi connectivity index (χ4v) is 9.80. The quantitative estimate of drug-likeness (QED) is 0.372. The first kappa shape index (κ1) is 28.4. The minimum absolute atomic E-state index is 0.00788. The average Bonchev–Trinajstić information content (AvgIpc) is 3.57. The van der Waals surface area contributed by atoms with Gasteiger partial charge in [-0.3, -0.25) is 4.90 Å². The number of hydrogen-bond donors (Lipinski definition) is 2. The van der Waals surface area contributed by atoms with Crippen LogP contribution in [-0.4, -0.2) is 100.0 Å². The smallest absolute Gasteiger partial charge is 0.319 e. The molecule has 7 heterocycles. The Labute approximate surface area is 266 Å². The lowest BCUT2D eigenvalue weighted by Gasteiger charge is -2.47. The topological polar surface area (TPSA) is 105 Å². The predicted octanol–water partition coefficient (Wildman–Crippen LogP) is 4.22. The number of halogens is 3. The maximum atomic E-state index is 17.2. The fourth-order valence-electron chi connectivity index (χ4n) is 7.75. The second-order valence-electron chi connectivity index (χ2n) is 12.9. The third kappa shape index (κ3) is 4.60. The number of rotatable bonds is 6. The molecule has 2 unspecified atom stereocenters. The number of thiazole rings is 1. The van der Waals surface area contributed by atoms with Crippen molar-refractivity contribution in [3.8, 4) is 6.01 Å². The number of alkyl halides is 1. The summed E-state index contributed by atoms with van der Waals surface area (Å²) >= 11 is 2.47.